The van der Waals surface area contributed by atoms with Gasteiger partial charge < -0.3 is 210 Å². The Balaban J connectivity index is 1.13. The summed E-state index contributed by atoms with van der Waals surface area (Å²) in [5, 5.41) is 270. The van der Waals surface area contributed by atoms with Crippen LogP contribution in [0, 0.1) is 0 Å². The van der Waals surface area contributed by atoms with Crippen molar-refractivity contribution in [2.75, 3.05) is 46.2 Å². The molecule has 0 spiro atoms. The van der Waals surface area contributed by atoms with Crippen molar-refractivity contribution in [3.8, 4) is 0 Å². The average molecular weight is 1510 g/mol. The van der Waals surface area contributed by atoms with Gasteiger partial charge in [-0.3, -0.25) is 14.4 Å². The van der Waals surface area contributed by atoms with E-state index in [1.165, 1.54) is 6.92 Å². The van der Waals surface area contributed by atoms with E-state index in [1.807, 2.05) is 0 Å². The summed E-state index contributed by atoms with van der Waals surface area (Å²) in [7, 11) is 0. The summed E-state index contributed by atoms with van der Waals surface area (Å²) in [6.07, 6.45) is -78.0. The van der Waals surface area contributed by atoms with Crippen LogP contribution in [0.5, 0.6) is 0 Å². The Labute approximate surface area is 582 Å². The van der Waals surface area contributed by atoms with E-state index in [-0.39, 0.29) is 0 Å². The molecule has 103 heavy (non-hydrogen) atoms. The molecule has 8 aliphatic rings. The van der Waals surface area contributed by atoms with Gasteiger partial charge in [-0.2, -0.15) is 0 Å². The Kier molecular flexibility index (Phi) is 29.9. The van der Waals surface area contributed by atoms with Gasteiger partial charge in [-0.25, -0.2) is 4.79 Å². The van der Waals surface area contributed by atoms with Crippen molar-refractivity contribution in [3.05, 3.63) is 0 Å². The van der Waals surface area contributed by atoms with Crippen molar-refractivity contribution < 1.29 is 213 Å². The van der Waals surface area contributed by atoms with Crippen LogP contribution in [-0.4, -0.2) is 444 Å². The Morgan fingerprint density at radius 3 is 1.40 bits per heavy atom. The zero-order chi connectivity index (χ0) is 76.3. The van der Waals surface area contributed by atoms with Gasteiger partial charge >= 0.3 is 5.97 Å². The van der Waals surface area contributed by atoms with Gasteiger partial charge in [-0.05, 0) is 6.92 Å². The van der Waals surface area contributed by atoms with E-state index >= 15 is 0 Å². The number of aliphatic hydroxyl groups is 23. The maximum absolute atomic E-state index is 13.4. The molecule has 46 heteroatoms. The molecular formula is C57H95N3O43. The van der Waals surface area contributed by atoms with Gasteiger partial charge in [-0.15, -0.1) is 0 Å². The fraction of sp³-hybridized carbons (Fsp3) is 0.930. The van der Waals surface area contributed by atoms with Crippen LogP contribution in [0.4, 0.5) is 0 Å². The molecule has 41 atom stereocenters. The summed E-state index contributed by atoms with van der Waals surface area (Å²) in [5.74, 6) is -8.13. The molecule has 0 unspecified atom stereocenters. The second-order valence-electron chi connectivity index (χ2n) is 26.1. The molecule has 0 saturated carbocycles. The van der Waals surface area contributed by atoms with Crippen LogP contribution in [0.2, 0.25) is 0 Å². The first kappa shape index (κ1) is 85.0. The molecule has 8 saturated heterocycles. The predicted octanol–water partition coefficient (Wildman–Crippen LogP) is -17.8. The molecule has 8 rings (SSSR count). The number of aliphatic carboxylic acids is 1. The minimum atomic E-state index is -3.19. The van der Waals surface area contributed by atoms with E-state index in [1.54, 1.807) is 0 Å². The first-order chi connectivity index (χ1) is 48.5. The van der Waals surface area contributed by atoms with Gasteiger partial charge in [0.25, 0.3) is 5.79 Å². The van der Waals surface area contributed by atoms with Crippen molar-refractivity contribution in [1.82, 2.24) is 16.0 Å². The molecule has 0 bridgehead atoms. The highest BCUT2D eigenvalue weighted by atomic mass is 16.8. The number of carboxylic acids is 1. The number of rotatable bonds is 27. The predicted molar refractivity (Wildman–Crippen MR) is 315 cm³/mol. The minimum absolute atomic E-state index is 0.868. The standard InChI is InChI=1S/C57H95N3O43/c1-13-28(71)35(78)40(83)52(91-13)102-48-37(80)31(74)20(8-63)94-55(48)100-43-22(10-65)95-51(27(34(43)77)60-16(4)68)101-47-32(75)23(96-54(42(47)85)98-44-21(9-64)92-49(86)39(82)38(44)81)11-89-50-26(59-15(3)67)33(76)45(99-53-41(84)36(79)30(73)19(7-62)93-53)24(97-50)12-90-57(56(87)88)5-17(69)25(58-14(2)66)46(103-57)29(72)18(70)6-61/h13,17-55,61-65,69-86H,5-12H2,1-4H3,(H,58,66)(H,59,67)(H,60,68)(H,87,88)/t13-,17+,18+,19+,20+,21-,22+,23-,24+,25-,26-,27+,28+,29+,30-,31-,32+,33-,34-,35-,36+,37+,38+,39+,40+,41-,42+,43-,44+,45+,46+,47+,48-,49-,50+,51+,52-,53-,54+,55-,57-/m1/s1. The summed E-state index contributed by atoms with van der Waals surface area (Å²) >= 11 is 0. The minimum Gasteiger partial charge on any atom is -0.477 e. The summed E-state index contributed by atoms with van der Waals surface area (Å²) in [6, 6.07) is -5.72. The molecule has 0 aromatic rings. The third-order valence-electron chi connectivity index (χ3n) is 18.8. The van der Waals surface area contributed by atoms with Crippen LogP contribution >= 0.6 is 0 Å². The molecule has 0 aromatic carbocycles. The third-order valence-corrected chi connectivity index (χ3v) is 18.8. The number of carbonyl (C=O) groups excluding carboxylic acids is 3. The SMILES string of the molecule is CC(=O)N[C@@H]1[C@H](O[C@@H]2[C@H](O)[C@H](O[C@@H]3[C@@H](O)[C@H](O)[C@H](O)O[C@@H]3CO)O[C@H](CO[C@H]3O[C@@H](CO[C@]4(C(=O)O)C[C@H](O)[C@@H](NC(C)=O)[C@@H]([C@@H](O)[C@@H](O)CO)O4)[C@H](O[C@H]4O[C@@H](CO)[C@@H](O)[C@H](O)[C@H]4O)[C@H](O)[C@H]3NC(C)=O)[C@@H]2O)O[C@@H](CO)[C@@H](O[C@H]2O[C@@H](CO)[C@@H](O)[C@H](O)[C@H]2O[C@H]2O[C@H](C)[C@H](O)[C@@H](O)[C@@H]2O)[C@@H]1O. The Bertz CT molecular complexity index is 2720. The van der Waals surface area contributed by atoms with Gasteiger partial charge in [0.1, 0.15) is 183 Å². The number of hydrogen-bond acceptors (Lipinski definition) is 42. The van der Waals surface area contributed by atoms with E-state index in [2.05, 4.69) is 16.0 Å². The monoisotopic (exact) mass is 1510 g/mol. The van der Waals surface area contributed by atoms with E-state index in [4.69, 9.17) is 71.1 Å². The second-order valence-corrected chi connectivity index (χ2v) is 26.1. The highest BCUT2D eigenvalue weighted by molar-refractivity contribution is 5.77. The summed E-state index contributed by atoms with van der Waals surface area (Å²) in [5.41, 5.74) is 0. The Morgan fingerprint density at radius 1 is 0.417 bits per heavy atom. The third kappa shape index (κ3) is 18.6. The van der Waals surface area contributed by atoms with Crippen LogP contribution in [0.25, 0.3) is 0 Å². The van der Waals surface area contributed by atoms with E-state index < -0.39 is 327 Å². The lowest BCUT2D eigenvalue weighted by Crippen LogP contribution is -2.70. The zero-order valence-corrected chi connectivity index (χ0v) is 55.2. The molecular weight excluding hydrogens is 1410 g/mol. The molecule has 8 heterocycles. The lowest BCUT2D eigenvalue weighted by Gasteiger charge is -2.51. The maximum Gasteiger partial charge on any atom is 0.364 e. The van der Waals surface area contributed by atoms with Gasteiger partial charge in [0.05, 0.1) is 64.5 Å². The number of carbonyl (C=O) groups is 4. The molecule has 0 radical (unpaired) electrons. The number of ether oxygens (including phenoxy) is 15. The topological polar surface area (TPSA) is 728 Å². The van der Waals surface area contributed by atoms with Crippen molar-refractivity contribution in [2.24, 2.45) is 0 Å². The number of nitrogens with one attached hydrogen (secondary N) is 3. The quantitative estimate of drug-likeness (QED) is 0.0363. The normalized spacial score (nSPS) is 48.3. The number of hydrogen-bond donors (Lipinski definition) is 27. The first-order valence-electron chi connectivity index (χ1n) is 32.6. The number of amides is 3. The van der Waals surface area contributed by atoms with Gasteiger partial charge in [0.15, 0.2) is 44.0 Å². The average Bonchev–Trinajstić information content (AvgIpc) is 0.771. The molecule has 0 aromatic heterocycles. The van der Waals surface area contributed by atoms with Crippen molar-refractivity contribution in [3.63, 3.8) is 0 Å². The van der Waals surface area contributed by atoms with Crippen molar-refractivity contribution >= 4 is 23.7 Å². The Hall–Kier alpha value is -3.64. The van der Waals surface area contributed by atoms with E-state index in [0.717, 1.165) is 20.8 Å². The van der Waals surface area contributed by atoms with Crippen LogP contribution in [-0.2, 0) is 90.2 Å². The Morgan fingerprint density at radius 2 is 0.845 bits per heavy atom. The molecule has 46 nitrogen and oxygen atoms in total. The van der Waals surface area contributed by atoms with Crippen LogP contribution in [0.3, 0.4) is 0 Å². The maximum atomic E-state index is 13.4. The molecule has 27 N–H and O–H groups in total. The number of aliphatic hydroxyl groups excluding tert-OH is 23. The van der Waals surface area contributed by atoms with Gasteiger partial charge in [-0.1, -0.05) is 0 Å². The first-order valence-corrected chi connectivity index (χ1v) is 32.6. The number of carboxylic acid groups (broad SMARTS) is 1. The molecule has 596 valence electrons. The highest BCUT2D eigenvalue weighted by Gasteiger charge is 2.61. The summed E-state index contributed by atoms with van der Waals surface area (Å²) in [4.78, 5) is 51.8. The van der Waals surface area contributed by atoms with Crippen LogP contribution in [0.1, 0.15) is 34.1 Å². The van der Waals surface area contributed by atoms with E-state index in [9.17, 15) is 142 Å². The molecule has 0 aliphatic carbocycles. The molecule has 8 aliphatic heterocycles. The fourth-order valence-electron chi connectivity index (χ4n) is 13.1. The van der Waals surface area contributed by atoms with E-state index in [0.29, 0.717) is 0 Å². The molecule has 8 fully saturated rings. The highest BCUT2D eigenvalue weighted by Crippen LogP contribution is 2.40. The van der Waals surface area contributed by atoms with Gasteiger partial charge in [0, 0.05) is 27.2 Å². The van der Waals surface area contributed by atoms with Crippen molar-refractivity contribution in [2.45, 2.75) is 285 Å². The smallest absolute Gasteiger partial charge is 0.364 e. The van der Waals surface area contributed by atoms with Crippen LogP contribution < -0.4 is 16.0 Å². The van der Waals surface area contributed by atoms with Gasteiger partial charge in [0.2, 0.25) is 17.7 Å². The summed E-state index contributed by atoms with van der Waals surface area (Å²) in [6.45, 7) is -3.94. The lowest BCUT2D eigenvalue weighted by atomic mass is 9.88. The van der Waals surface area contributed by atoms with Crippen LogP contribution in [0.15, 0.2) is 0 Å². The second kappa shape index (κ2) is 36.3. The zero-order valence-electron chi connectivity index (χ0n) is 55.2. The van der Waals surface area contributed by atoms with Crippen molar-refractivity contribution in [1.29, 1.82) is 0 Å². The lowest BCUT2D eigenvalue weighted by molar-refractivity contribution is -0.392. The molecule has 3 amide bonds. The largest absolute Gasteiger partial charge is 0.477 e. The summed E-state index contributed by atoms with van der Waals surface area (Å²) < 4.78 is 87.7. The fourth-order valence-corrected chi connectivity index (χ4v) is 13.1.